The zero-order valence-corrected chi connectivity index (χ0v) is 12.0. The van der Waals surface area contributed by atoms with Gasteiger partial charge in [-0.2, -0.15) is 0 Å². The summed E-state index contributed by atoms with van der Waals surface area (Å²) in [5, 5.41) is 12.4. The van der Waals surface area contributed by atoms with Gasteiger partial charge in [0.1, 0.15) is 11.4 Å². The van der Waals surface area contributed by atoms with Gasteiger partial charge in [-0.15, -0.1) is 0 Å². The summed E-state index contributed by atoms with van der Waals surface area (Å²) in [6, 6.07) is 5.15. The third kappa shape index (κ3) is 4.44. The van der Waals surface area contributed by atoms with Crippen molar-refractivity contribution in [2.75, 3.05) is 12.4 Å². The molecule has 0 aliphatic heterocycles. The second-order valence-corrected chi connectivity index (χ2v) is 5.22. The molecular weight excluding hydrogens is 246 g/mol. The van der Waals surface area contributed by atoms with Gasteiger partial charge in [0.25, 0.3) is 0 Å². The quantitative estimate of drug-likeness (QED) is 0.883. The Hall–Kier alpha value is -1.75. The van der Waals surface area contributed by atoms with Gasteiger partial charge in [-0.1, -0.05) is 6.07 Å². The van der Waals surface area contributed by atoms with Crippen LogP contribution in [0.1, 0.15) is 39.4 Å². The molecule has 106 valence electrons. The van der Waals surface area contributed by atoms with E-state index in [1.165, 1.54) is 7.11 Å². The summed E-state index contributed by atoms with van der Waals surface area (Å²) in [6.45, 7) is 6.97. The van der Waals surface area contributed by atoms with Gasteiger partial charge in [0, 0.05) is 5.56 Å². The molecule has 1 rings (SSSR count). The van der Waals surface area contributed by atoms with Crippen molar-refractivity contribution < 1.29 is 19.4 Å². The molecule has 0 bridgehead atoms. The molecule has 0 aromatic heterocycles. The highest BCUT2D eigenvalue weighted by molar-refractivity contribution is 5.86. The number of rotatable bonds is 3. The van der Waals surface area contributed by atoms with Crippen LogP contribution in [0.3, 0.4) is 0 Å². The molecule has 0 radical (unpaired) electrons. The molecular formula is C14H21NO4. The Morgan fingerprint density at radius 1 is 1.37 bits per heavy atom. The van der Waals surface area contributed by atoms with Crippen molar-refractivity contribution in [3.05, 3.63) is 23.8 Å². The van der Waals surface area contributed by atoms with Crippen LogP contribution in [0.2, 0.25) is 0 Å². The minimum absolute atomic E-state index is 0.476. The Labute approximate surface area is 113 Å². The van der Waals surface area contributed by atoms with Crippen molar-refractivity contribution in [1.82, 2.24) is 0 Å². The highest BCUT2D eigenvalue weighted by Crippen LogP contribution is 2.32. The van der Waals surface area contributed by atoms with E-state index in [-0.39, 0.29) is 0 Å². The lowest BCUT2D eigenvalue weighted by atomic mass is 10.1. The van der Waals surface area contributed by atoms with Crippen LogP contribution in [0.15, 0.2) is 18.2 Å². The van der Waals surface area contributed by atoms with Crippen molar-refractivity contribution in [2.45, 2.75) is 39.4 Å². The van der Waals surface area contributed by atoms with Crippen LogP contribution < -0.4 is 10.1 Å². The van der Waals surface area contributed by atoms with Crippen molar-refractivity contribution in [3.63, 3.8) is 0 Å². The smallest absolute Gasteiger partial charge is 0.412 e. The van der Waals surface area contributed by atoms with E-state index < -0.39 is 17.8 Å². The van der Waals surface area contributed by atoms with Gasteiger partial charge in [0.05, 0.1) is 18.9 Å². The first-order valence-corrected chi connectivity index (χ1v) is 6.09. The Balaban J connectivity index is 2.98. The minimum Gasteiger partial charge on any atom is -0.496 e. The second kappa shape index (κ2) is 5.93. The summed E-state index contributed by atoms with van der Waals surface area (Å²) in [5.41, 5.74) is 0.424. The number of amides is 1. The largest absolute Gasteiger partial charge is 0.496 e. The first-order chi connectivity index (χ1) is 8.74. The van der Waals surface area contributed by atoms with Gasteiger partial charge in [-0.05, 0) is 39.8 Å². The van der Waals surface area contributed by atoms with Crippen LogP contribution in [-0.2, 0) is 4.74 Å². The number of anilines is 1. The summed E-state index contributed by atoms with van der Waals surface area (Å²) in [6.07, 6.45) is -1.33. The van der Waals surface area contributed by atoms with E-state index in [9.17, 15) is 9.90 Å². The third-order valence-electron chi connectivity index (χ3n) is 2.34. The van der Waals surface area contributed by atoms with E-state index in [2.05, 4.69) is 5.32 Å². The average Bonchev–Trinajstić information content (AvgIpc) is 2.25. The highest BCUT2D eigenvalue weighted by atomic mass is 16.6. The van der Waals surface area contributed by atoms with Crippen LogP contribution in [0.4, 0.5) is 10.5 Å². The molecule has 0 spiro atoms. The number of aliphatic hydroxyl groups excluding tert-OH is 1. The lowest BCUT2D eigenvalue weighted by molar-refractivity contribution is 0.0635. The van der Waals surface area contributed by atoms with Crippen LogP contribution in [0.25, 0.3) is 0 Å². The zero-order valence-electron chi connectivity index (χ0n) is 12.0. The van der Waals surface area contributed by atoms with Crippen LogP contribution in [-0.4, -0.2) is 23.9 Å². The Kier molecular flexibility index (Phi) is 4.78. The molecule has 0 saturated heterocycles. The Morgan fingerprint density at radius 3 is 2.47 bits per heavy atom. The molecule has 1 amide bonds. The third-order valence-corrected chi connectivity index (χ3v) is 2.34. The molecule has 0 saturated carbocycles. The van der Waals surface area contributed by atoms with Gasteiger partial charge in [-0.25, -0.2) is 4.79 Å². The number of hydrogen-bond acceptors (Lipinski definition) is 4. The predicted octanol–water partition coefficient (Wildman–Crippen LogP) is 3.10. The molecule has 0 unspecified atom stereocenters. The monoisotopic (exact) mass is 267 g/mol. The molecule has 5 heteroatoms. The van der Waals surface area contributed by atoms with Crippen LogP contribution in [0, 0.1) is 0 Å². The van der Waals surface area contributed by atoms with E-state index in [1.807, 2.05) is 0 Å². The average molecular weight is 267 g/mol. The molecule has 1 aromatic rings. The fourth-order valence-corrected chi connectivity index (χ4v) is 1.68. The number of aliphatic hydroxyl groups is 1. The number of nitrogens with one attached hydrogen (secondary N) is 1. The second-order valence-electron chi connectivity index (χ2n) is 5.22. The topological polar surface area (TPSA) is 67.8 Å². The number of hydrogen-bond donors (Lipinski definition) is 2. The molecule has 5 nitrogen and oxygen atoms in total. The SMILES string of the molecule is COc1cccc(NC(=O)OC(C)(C)C)c1[C@H](C)O. The van der Waals surface area contributed by atoms with Crippen LogP contribution >= 0.6 is 0 Å². The van der Waals surface area contributed by atoms with E-state index in [0.29, 0.717) is 17.0 Å². The molecule has 0 heterocycles. The van der Waals surface area contributed by atoms with Gasteiger partial charge < -0.3 is 14.6 Å². The van der Waals surface area contributed by atoms with Gasteiger partial charge in [-0.3, -0.25) is 5.32 Å². The first kappa shape index (κ1) is 15.3. The van der Waals surface area contributed by atoms with Crippen molar-refractivity contribution >= 4 is 11.8 Å². The first-order valence-electron chi connectivity index (χ1n) is 6.09. The summed E-state index contributed by atoms with van der Waals surface area (Å²) >= 11 is 0. The molecule has 0 aliphatic carbocycles. The van der Waals surface area contributed by atoms with Crippen molar-refractivity contribution in [2.24, 2.45) is 0 Å². The predicted molar refractivity (Wildman–Crippen MR) is 73.5 cm³/mol. The minimum atomic E-state index is -0.763. The summed E-state index contributed by atoms with van der Waals surface area (Å²) < 4.78 is 10.4. The van der Waals surface area contributed by atoms with Crippen molar-refractivity contribution in [3.8, 4) is 5.75 Å². The summed E-state index contributed by atoms with van der Waals surface area (Å²) in [7, 11) is 1.51. The lowest BCUT2D eigenvalue weighted by Crippen LogP contribution is -2.27. The van der Waals surface area contributed by atoms with Crippen molar-refractivity contribution in [1.29, 1.82) is 0 Å². The van der Waals surface area contributed by atoms with E-state index in [0.717, 1.165) is 0 Å². The molecule has 1 atom stereocenters. The molecule has 0 fully saturated rings. The standard InChI is InChI=1S/C14H21NO4/c1-9(16)12-10(7-6-8-11(12)18-5)15-13(17)19-14(2,3)4/h6-9,16H,1-5H3,(H,15,17)/t9-/m0/s1. The normalized spacial score (nSPS) is 12.7. The molecule has 19 heavy (non-hydrogen) atoms. The van der Waals surface area contributed by atoms with Crippen LogP contribution in [0.5, 0.6) is 5.75 Å². The van der Waals surface area contributed by atoms with Gasteiger partial charge in [0.15, 0.2) is 0 Å². The van der Waals surface area contributed by atoms with Gasteiger partial charge >= 0.3 is 6.09 Å². The number of benzene rings is 1. The maximum atomic E-state index is 11.7. The molecule has 1 aromatic carbocycles. The molecule has 2 N–H and O–H groups in total. The van der Waals surface area contributed by atoms with E-state index in [1.54, 1.807) is 45.9 Å². The Morgan fingerprint density at radius 2 is 2.00 bits per heavy atom. The molecule has 0 aliphatic rings. The fraction of sp³-hybridized carbons (Fsp3) is 0.500. The lowest BCUT2D eigenvalue weighted by Gasteiger charge is -2.21. The summed E-state index contributed by atoms with van der Waals surface area (Å²) in [5.74, 6) is 0.517. The van der Waals surface area contributed by atoms with E-state index >= 15 is 0 Å². The highest BCUT2D eigenvalue weighted by Gasteiger charge is 2.19. The number of carbonyl (C=O) groups is 1. The number of carbonyl (C=O) groups excluding carboxylic acids is 1. The maximum absolute atomic E-state index is 11.7. The zero-order chi connectivity index (χ0) is 14.6. The fourth-order valence-electron chi connectivity index (χ4n) is 1.68. The van der Waals surface area contributed by atoms with E-state index in [4.69, 9.17) is 9.47 Å². The summed E-state index contributed by atoms with van der Waals surface area (Å²) in [4.78, 5) is 11.7. The number of ether oxygens (including phenoxy) is 2. The maximum Gasteiger partial charge on any atom is 0.412 e. The van der Waals surface area contributed by atoms with Gasteiger partial charge in [0.2, 0.25) is 0 Å². The Bertz CT molecular complexity index is 449. The number of methoxy groups -OCH3 is 1.